The molecule has 5 aromatic rings. The lowest BCUT2D eigenvalue weighted by Gasteiger charge is -2.52. The van der Waals surface area contributed by atoms with Gasteiger partial charge in [-0.3, -0.25) is 4.90 Å². The summed E-state index contributed by atoms with van der Waals surface area (Å²) in [5.41, 5.74) is 7.66. The molecular weight excluding hydrogens is 659 g/mol. The van der Waals surface area contributed by atoms with Gasteiger partial charge in [0.1, 0.15) is 23.9 Å². The van der Waals surface area contributed by atoms with Crippen LogP contribution in [0.3, 0.4) is 0 Å². The predicted octanol–water partition coefficient (Wildman–Crippen LogP) is 10.4. The topological polar surface area (TPSA) is 49.4 Å². The smallest absolute Gasteiger partial charge is 0.186 e. The summed E-state index contributed by atoms with van der Waals surface area (Å²) in [6.45, 7) is 10.3. The molecule has 0 amide bonds. The Kier molecular flexibility index (Phi) is 7.53. The quantitative estimate of drug-likeness (QED) is 0.181. The van der Waals surface area contributed by atoms with Crippen LogP contribution < -0.4 is 23.7 Å². The van der Waals surface area contributed by atoms with Crippen LogP contribution >= 0.6 is 0 Å². The highest BCUT2D eigenvalue weighted by molar-refractivity contribution is 6.09. The van der Waals surface area contributed by atoms with Gasteiger partial charge in [0.2, 0.25) is 0 Å². The molecule has 53 heavy (non-hydrogen) atoms. The van der Waals surface area contributed by atoms with Crippen molar-refractivity contribution in [3.8, 4) is 39.9 Å². The number of hydrogen-bond donors (Lipinski definition) is 0. The maximum atomic E-state index is 7.70. The van der Waals surface area contributed by atoms with E-state index >= 15 is 0 Å². The lowest BCUT2D eigenvalue weighted by Crippen LogP contribution is -2.44. The molecule has 0 radical (unpaired) electrons. The molecule has 2 aliphatic heterocycles. The van der Waals surface area contributed by atoms with E-state index in [4.69, 9.17) is 23.7 Å². The van der Waals surface area contributed by atoms with Gasteiger partial charge in [-0.2, -0.15) is 0 Å². The molecule has 0 N–H and O–H groups in total. The largest absolute Gasteiger partial charge is 0.497 e. The van der Waals surface area contributed by atoms with Gasteiger partial charge in [-0.25, -0.2) is 0 Å². The van der Waals surface area contributed by atoms with Crippen molar-refractivity contribution >= 4 is 16.8 Å². The minimum Gasteiger partial charge on any atom is -0.497 e. The van der Waals surface area contributed by atoms with Gasteiger partial charge in [-0.05, 0) is 114 Å². The second-order valence-electron chi connectivity index (χ2n) is 17.3. The molecule has 0 bridgehead atoms. The van der Waals surface area contributed by atoms with Crippen molar-refractivity contribution in [3.63, 3.8) is 0 Å². The highest BCUT2D eigenvalue weighted by atomic mass is 16.6. The maximum Gasteiger partial charge on any atom is 0.186 e. The fourth-order valence-corrected chi connectivity index (χ4v) is 10.6. The van der Waals surface area contributed by atoms with Crippen LogP contribution in [-0.2, 0) is 11.0 Å². The van der Waals surface area contributed by atoms with E-state index in [0.717, 1.165) is 69.1 Å². The summed E-state index contributed by atoms with van der Waals surface area (Å²) in [6, 6.07) is 30.0. The Morgan fingerprint density at radius 1 is 0.717 bits per heavy atom. The maximum absolute atomic E-state index is 7.70. The number of methoxy groups -OCH3 is 2. The summed E-state index contributed by atoms with van der Waals surface area (Å²) in [5.74, 6) is 3.94. The van der Waals surface area contributed by atoms with Crippen molar-refractivity contribution in [1.29, 1.82) is 0 Å². The Hall–Kier alpha value is -4.94. The predicted molar refractivity (Wildman–Crippen MR) is 212 cm³/mol. The summed E-state index contributed by atoms with van der Waals surface area (Å²) in [5, 5.41) is 2.14. The van der Waals surface area contributed by atoms with Crippen molar-refractivity contribution in [2.45, 2.75) is 64.2 Å². The molecular formula is C47H49NO5. The number of fused-ring (bicyclic) bond motifs is 11. The van der Waals surface area contributed by atoms with E-state index in [2.05, 4.69) is 105 Å². The Balaban J connectivity index is 1.37. The van der Waals surface area contributed by atoms with E-state index in [1.165, 1.54) is 28.7 Å². The van der Waals surface area contributed by atoms with Gasteiger partial charge in [0.05, 0.1) is 14.2 Å². The number of nitrogens with zero attached hydrogens (tertiary/aromatic N) is 1. The van der Waals surface area contributed by atoms with Crippen LogP contribution in [0.4, 0.5) is 0 Å². The first kappa shape index (κ1) is 33.9. The third-order valence-corrected chi connectivity index (χ3v) is 12.1. The first-order chi connectivity index (χ1) is 25.4. The van der Waals surface area contributed by atoms with Crippen LogP contribution in [0.1, 0.15) is 74.8 Å². The molecule has 6 heteroatoms. The Labute approximate surface area is 313 Å². The zero-order chi connectivity index (χ0) is 36.9. The van der Waals surface area contributed by atoms with E-state index in [0.29, 0.717) is 6.61 Å². The summed E-state index contributed by atoms with van der Waals surface area (Å²) < 4.78 is 32.0. The molecule has 1 saturated carbocycles. The lowest BCUT2D eigenvalue weighted by atomic mass is 9.52. The van der Waals surface area contributed by atoms with Crippen molar-refractivity contribution in [2.24, 2.45) is 10.8 Å². The van der Waals surface area contributed by atoms with Crippen LogP contribution in [0.5, 0.6) is 28.7 Å². The monoisotopic (exact) mass is 707 g/mol. The molecule has 1 fully saturated rings. The fraction of sp³-hybridized carbons (Fsp3) is 0.362. The summed E-state index contributed by atoms with van der Waals surface area (Å²) in [7, 11) is 7.43. The zero-order valence-corrected chi connectivity index (χ0v) is 32.1. The summed E-state index contributed by atoms with van der Waals surface area (Å²) in [4.78, 5) is 2.05. The molecule has 1 unspecified atom stereocenters. The molecule has 2 aliphatic carbocycles. The number of ether oxygens (including phenoxy) is 5. The van der Waals surface area contributed by atoms with Crippen LogP contribution in [0.25, 0.3) is 28.0 Å². The van der Waals surface area contributed by atoms with Crippen LogP contribution in [0.15, 0.2) is 91.0 Å². The van der Waals surface area contributed by atoms with Crippen LogP contribution in [0, 0.1) is 10.8 Å². The van der Waals surface area contributed by atoms with Gasteiger partial charge >= 0.3 is 0 Å². The van der Waals surface area contributed by atoms with E-state index in [-0.39, 0.29) is 22.5 Å². The normalized spacial score (nSPS) is 20.7. The summed E-state index contributed by atoms with van der Waals surface area (Å²) in [6.07, 6.45) is 7.70. The average Bonchev–Trinajstić information content (AvgIpc) is 3.40. The SMILES string of the molecule is COc1ccc(C2(c3ccc(OC)cc3)C=Cc3c4c(c5cc6c(cc5c3O2)OC(N(C)C)CO6)-c2ccccc2C42CC(C)(C)CC(C)(C)C2)cc1. The third kappa shape index (κ3) is 5.16. The first-order valence-electron chi connectivity index (χ1n) is 18.8. The Morgan fingerprint density at radius 3 is 1.92 bits per heavy atom. The number of likely N-dealkylation sites (N-methyl/N-ethyl adjacent to an activating group) is 1. The van der Waals surface area contributed by atoms with E-state index in [9.17, 15) is 0 Å². The number of hydrogen-bond acceptors (Lipinski definition) is 6. The molecule has 6 nitrogen and oxygen atoms in total. The Morgan fingerprint density at radius 2 is 1.32 bits per heavy atom. The third-order valence-electron chi connectivity index (χ3n) is 12.1. The van der Waals surface area contributed by atoms with E-state index < -0.39 is 5.60 Å². The second kappa shape index (κ2) is 11.8. The molecule has 5 aromatic carbocycles. The fourth-order valence-electron chi connectivity index (χ4n) is 10.6. The minimum absolute atomic E-state index is 0.126. The molecule has 9 rings (SSSR count). The first-order valence-corrected chi connectivity index (χ1v) is 18.8. The molecule has 272 valence electrons. The van der Waals surface area contributed by atoms with Crippen molar-refractivity contribution < 1.29 is 23.7 Å². The van der Waals surface area contributed by atoms with Gasteiger partial charge in [-0.1, -0.05) is 82.3 Å². The highest BCUT2D eigenvalue weighted by Gasteiger charge is 2.55. The van der Waals surface area contributed by atoms with Gasteiger partial charge < -0.3 is 23.7 Å². The zero-order valence-electron chi connectivity index (χ0n) is 32.1. The Bertz CT molecular complexity index is 2220. The molecule has 1 spiro atoms. The highest BCUT2D eigenvalue weighted by Crippen LogP contribution is 2.67. The number of benzene rings is 5. The summed E-state index contributed by atoms with van der Waals surface area (Å²) >= 11 is 0. The van der Waals surface area contributed by atoms with Crippen molar-refractivity contribution in [2.75, 3.05) is 34.9 Å². The van der Waals surface area contributed by atoms with E-state index in [1.54, 1.807) is 14.2 Å². The standard InChI is InChI=1S/C47H49NO5/c1-44(2)26-45(3,4)28-46(27-44)37-12-10-9-11-33(37)41-35-23-38-39(52-40(25-51-38)48(5)6)24-36(35)43-34(42(41)46)21-22-47(53-43,29-13-17-31(49-7)18-14-29)30-15-19-32(50-8)20-16-30/h9-24,40H,25-28H2,1-8H3. The van der Waals surface area contributed by atoms with Gasteiger partial charge in [0, 0.05) is 27.5 Å². The molecule has 0 aromatic heterocycles. The van der Waals surface area contributed by atoms with Crippen LogP contribution in [0.2, 0.25) is 0 Å². The molecule has 2 heterocycles. The minimum atomic E-state index is -0.935. The van der Waals surface area contributed by atoms with Gasteiger partial charge in [0.25, 0.3) is 0 Å². The molecule has 0 saturated heterocycles. The number of rotatable bonds is 5. The van der Waals surface area contributed by atoms with Gasteiger partial charge in [-0.15, -0.1) is 0 Å². The van der Waals surface area contributed by atoms with Crippen LogP contribution in [-0.4, -0.2) is 46.0 Å². The van der Waals surface area contributed by atoms with E-state index in [1.807, 2.05) is 38.4 Å². The molecule has 1 atom stereocenters. The van der Waals surface area contributed by atoms with Gasteiger partial charge in [0.15, 0.2) is 23.3 Å². The van der Waals surface area contributed by atoms with Crippen molar-refractivity contribution in [3.05, 3.63) is 119 Å². The molecule has 4 aliphatic rings. The van der Waals surface area contributed by atoms with Crippen molar-refractivity contribution in [1.82, 2.24) is 4.90 Å². The second-order valence-corrected chi connectivity index (χ2v) is 17.3. The average molecular weight is 708 g/mol. The lowest BCUT2D eigenvalue weighted by molar-refractivity contribution is -0.00173.